The predicted molar refractivity (Wildman–Crippen MR) is 68.9 cm³/mol. The van der Waals surface area contributed by atoms with Crippen LogP contribution in [0.3, 0.4) is 0 Å². The number of halogens is 3. The second-order valence-electron chi connectivity index (χ2n) is 5.35. The van der Waals surface area contributed by atoms with Crippen LogP contribution in [0.5, 0.6) is 0 Å². The molecule has 0 bridgehead atoms. The molecule has 0 spiro atoms. The van der Waals surface area contributed by atoms with Crippen LogP contribution in [0.2, 0.25) is 0 Å². The lowest BCUT2D eigenvalue weighted by Crippen LogP contribution is -2.24. The molecule has 2 rings (SSSR count). The van der Waals surface area contributed by atoms with E-state index in [1.165, 1.54) is 6.07 Å². The average Bonchev–Trinajstić information content (AvgIpc) is 2.56. The normalized spacial score (nSPS) is 14.2. The third kappa shape index (κ3) is 2.09. The second-order valence-corrected chi connectivity index (χ2v) is 6.00. The Morgan fingerprint density at radius 3 is 2.39 bits per heavy atom. The Morgan fingerprint density at radius 2 is 1.89 bits per heavy atom. The highest BCUT2D eigenvalue weighted by Crippen LogP contribution is 2.32. The van der Waals surface area contributed by atoms with Crippen molar-refractivity contribution in [1.29, 1.82) is 0 Å². The molecule has 0 saturated heterocycles. The average molecular weight is 273 g/mol. The van der Waals surface area contributed by atoms with Crippen molar-refractivity contribution in [2.24, 2.45) is 0 Å². The van der Waals surface area contributed by atoms with E-state index in [2.05, 4.69) is 4.98 Å². The maximum absolute atomic E-state index is 13.7. The third-order valence-corrected chi connectivity index (χ3v) is 2.93. The number of benzene rings is 1. The molecule has 18 heavy (non-hydrogen) atoms. The zero-order valence-electron chi connectivity index (χ0n) is 10.8. The van der Waals surface area contributed by atoms with Crippen LogP contribution < -0.4 is 0 Å². The summed E-state index contributed by atoms with van der Waals surface area (Å²) in [7, 11) is 0. The third-order valence-electron chi connectivity index (χ3n) is 2.73. The summed E-state index contributed by atoms with van der Waals surface area (Å²) in [6, 6.07) is 2.13. The van der Waals surface area contributed by atoms with Crippen LogP contribution in [-0.4, -0.2) is 9.55 Å². The van der Waals surface area contributed by atoms with Crippen LogP contribution in [-0.2, 0) is 5.54 Å². The topological polar surface area (TPSA) is 17.8 Å². The summed E-state index contributed by atoms with van der Waals surface area (Å²) in [5.74, 6) is -0.727. The monoisotopic (exact) mass is 272 g/mol. The summed E-state index contributed by atoms with van der Waals surface area (Å²) in [5.41, 5.74) is 0.240. The molecule has 0 fully saturated rings. The van der Waals surface area contributed by atoms with Crippen molar-refractivity contribution in [2.45, 2.75) is 38.6 Å². The molecule has 0 saturated carbocycles. The molecule has 0 aliphatic heterocycles. The van der Waals surface area contributed by atoms with Gasteiger partial charge in [0.05, 0.1) is 10.9 Å². The van der Waals surface area contributed by atoms with Crippen molar-refractivity contribution in [3.8, 4) is 0 Å². The summed E-state index contributed by atoms with van der Waals surface area (Å²) in [6.45, 7) is 7.60. The summed E-state index contributed by atoms with van der Waals surface area (Å²) in [6.07, 6.45) is 0. The number of fused-ring (bicyclic) bond motifs is 1. The van der Waals surface area contributed by atoms with Crippen LogP contribution in [0.15, 0.2) is 12.1 Å². The fourth-order valence-corrected chi connectivity index (χ4v) is 2.24. The lowest BCUT2D eigenvalue weighted by atomic mass is 10.1. The minimum atomic E-state index is -0.661. The van der Waals surface area contributed by atoms with Crippen molar-refractivity contribution in [3.63, 3.8) is 0 Å². The summed E-state index contributed by atoms with van der Waals surface area (Å²) in [5, 5.41) is -0.376. The summed E-state index contributed by atoms with van der Waals surface area (Å²) in [4.78, 5) is 4.21. The number of aromatic nitrogens is 2. The number of nitrogens with zero attached hydrogens (tertiary/aromatic N) is 2. The second kappa shape index (κ2) is 4.19. The van der Waals surface area contributed by atoms with Gasteiger partial charge in [-0.1, -0.05) is 0 Å². The van der Waals surface area contributed by atoms with E-state index in [9.17, 15) is 8.78 Å². The summed E-state index contributed by atoms with van der Waals surface area (Å²) >= 11 is 6.08. The van der Waals surface area contributed by atoms with Crippen molar-refractivity contribution in [2.75, 3.05) is 0 Å². The Bertz CT molecular complexity index is 597. The van der Waals surface area contributed by atoms with Gasteiger partial charge in [0.15, 0.2) is 5.82 Å². The molecule has 98 valence electrons. The number of imidazole rings is 1. The van der Waals surface area contributed by atoms with Crippen LogP contribution in [0.25, 0.3) is 11.0 Å². The minimum Gasteiger partial charge on any atom is -0.321 e. The number of alkyl halides is 1. The lowest BCUT2D eigenvalue weighted by Gasteiger charge is -2.25. The molecule has 1 atom stereocenters. The van der Waals surface area contributed by atoms with Crippen molar-refractivity contribution in [1.82, 2.24) is 9.55 Å². The zero-order chi connectivity index (χ0) is 13.7. The molecule has 1 aromatic heterocycles. The zero-order valence-corrected chi connectivity index (χ0v) is 11.5. The quantitative estimate of drug-likeness (QED) is 0.705. The molecule has 0 aliphatic rings. The first-order valence-electron chi connectivity index (χ1n) is 5.73. The maximum Gasteiger partial charge on any atom is 0.153 e. The van der Waals surface area contributed by atoms with Crippen molar-refractivity contribution < 1.29 is 8.78 Å². The molecule has 0 N–H and O–H groups in total. The Labute approximate surface area is 110 Å². The van der Waals surface area contributed by atoms with E-state index in [1.54, 1.807) is 11.5 Å². The molecule has 1 aromatic carbocycles. The fraction of sp³-hybridized carbons (Fsp3) is 0.462. The van der Waals surface area contributed by atoms with Crippen LogP contribution in [0, 0.1) is 11.6 Å². The SMILES string of the molecule is CC(Cl)c1nc2c(F)cc(F)cc2n1C(C)(C)C. The molecule has 0 radical (unpaired) electrons. The van der Waals surface area contributed by atoms with Crippen molar-refractivity contribution >= 4 is 22.6 Å². The summed E-state index contributed by atoms with van der Waals surface area (Å²) < 4.78 is 28.9. The van der Waals surface area contributed by atoms with E-state index >= 15 is 0 Å². The van der Waals surface area contributed by atoms with Gasteiger partial charge in [-0.2, -0.15) is 0 Å². The Kier molecular flexibility index (Phi) is 3.09. The fourth-order valence-electron chi connectivity index (χ4n) is 2.09. The molecule has 1 heterocycles. The van der Waals surface area contributed by atoms with Gasteiger partial charge in [-0.15, -0.1) is 11.6 Å². The first-order chi connectivity index (χ1) is 8.21. The lowest BCUT2D eigenvalue weighted by molar-refractivity contribution is 0.393. The van der Waals surface area contributed by atoms with Gasteiger partial charge in [-0.3, -0.25) is 0 Å². The molecule has 0 amide bonds. The van der Waals surface area contributed by atoms with Crippen molar-refractivity contribution in [3.05, 3.63) is 29.6 Å². The molecule has 2 aromatic rings. The highest BCUT2D eigenvalue weighted by molar-refractivity contribution is 6.20. The molecular formula is C13H15ClF2N2. The van der Waals surface area contributed by atoms with Crippen LogP contribution >= 0.6 is 11.6 Å². The highest BCUT2D eigenvalue weighted by Gasteiger charge is 2.25. The number of rotatable bonds is 1. The van der Waals surface area contributed by atoms with Crippen LogP contribution in [0.4, 0.5) is 8.78 Å². The van der Waals surface area contributed by atoms with Gasteiger partial charge in [-0.25, -0.2) is 13.8 Å². The van der Waals surface area contributed by atoms with E-state index in [0.29, 0.717) is 11.3 Å². The maximum atomic E-state index is 13.7. The van der Waals surface area contributed by atoms with Gasteiger partial charge in [-0.05, 0) is 33.8 Å². The Hall–Kier alpha value is -1.16. The minimum absolute atomic E-state index is 0.161. The van der Waals surface area contributed by atoms with Gasteiger partial charge < -0.3 is 4.57 Å². The largest absolute Gasteiger partial charge is 0.321 e. The molecule has 5 heteroatoms. The van der Waals surface area contributed by atoms with Gasteiger partial charge >= 0.3 is 0 Å². The first kappa shape index (κ1) is 13.3. The first-order valence-corrected chi connectivity index (χ1v) is 6.17. The Balaban J connectivity index is 2.90. The van der Waals surface area contributed by atoms with E-state index in [-0.39, 0.29) is 16.4 Å². The van der Waals surface area contributed by atoms with E-state index in [4.69, 9.17) is 11.6 Å². The Morgan fingerprint density at radius 1 is 1.28 bits per heavy atom. The predicted octanol–water partition coefficient (Wildman–Crippen LogP) is 4.37. The highest BCUT2D eigenvalue weighted by atomic mass is 35.5. The molecule has 1 unspecified atom stereocenters. The van der Waals surface area contributed by atoms with Gasteiger partial charge in [0, 0.05) is 11.6 Å². The van der Waals surface area contributed by atoms with Crippen LogP contribution in [0.1, 0.15) is 38.9 Å². The standard InChI is InChI=1S/C13H15ClF2N2/c1-7(14)12-17-11-9(16)5-8(15)6-10(11)18(12)13(2,3)4/h5-7H,1-4H3. The number of hydrogen-bond donors (Lipinski definition) is 0. The number of hydrogen-bond acceptors (Lipinski definition) is 1. The molecule has 0 aliphatic carbocycles. The van der Waals surface area contributed by atoms with E-state index in [1.807, 2.05) is 20.8 Å². The molecular weight excluding hydrogens is 258 g/mol. The molecule has 2 nitrogen and oxygen atoms in total. The van der Waals surface area contributed by atoms with E-state index < -0.39 is 11.6 Å². The van der Waals surface area contributed by atoms with Gasteiger partial charge in [0.25, 0.3) is 0 Å². The van der Waals surface area contributed by atoms with Gasteiger partial charge in [0.1, 0.15) is 17.2 Å². The smallest absolute Gasteiger partial charge is 0.153 e. The van der Waals surface area contributed by atoms with E-state index in [0.717, 1.165) is 6.07 Å². The van der Waals surface area contributed by atoms with Gasteiger partial charge in [0.2, 0.25) is 0 Å².